The largest absolute Gasteiger partial charge is 0.444 e. The van der Waals surface area contributed by atoms with Crippen molar-refractivity contribution in [2.45, 2.75) is 45.6 Å². The Labute approximate surface area is 201 Å². The number of likely N-dealkylation sites (tertiary alicyclic amines) is 1. The summed E-state index contributed by atoms with van der Waals surface area (Å²) in [6.45, 7) is 7.58. The third-order valence-corrected chi connectivity index (χ3v) is 5.78. The van der Waals surface area contributed by atoms with Crippen LogP contribution in [0.15, 0.2) is 54.6 Å². The Morgan fingerprint density at radius 2 is 1.53 bits per heavy atom. The number of alkyl carbamates (subject to hydrolysis) is 1. The van der Waals surface area contributed by atoms with E-state index in [0.717, 1.165) is 24.0 Å². The zero-order chi connectivity index (χ0) is 24.6. The molecule has 0 spiro atoms. The molecule has 7 heteroatoms. The van der Waals surface area contributed by atoms with E-state index in [1.54, 1.807) is 20.8 Å². The van der Waals surface area contributed by atoms with Crippen LogP contribution in [0.1, 0.15) is 50.4 Å². The van der Waals surface area contributed by atoms with Crippen molar-refractivity contribution in [1.82, 2.24) is 15.5 Å². The summed E-state index contributed by atoms with van der Waals surface area (Å²) in [7, 11) is 0. The lowest BCUT2D eigenvalue weighted by molar-refractivity contribution is -0.132. The highest BCUT2D eigenvalue weighted by atomic mass is 16.6. The van der Waals surface area contributed by atoms with Gasteiger partial charge >= 0.3 is 6.09 Å². The van der Waals surface area contributed by atoms with Gasteiger partial charge in [0, 0.05) is 38.2 Å². The van der Waals surface area contributed by atoms with E-state index < -0.39 is 11.7 Å². The number of nitrogens with one attached hydrogen (secondary N) is 2. The van der Waals surface area contributed by atoms with E-state index in [9.17, 15) is 14.4 Å². The maximum absolute atomic E-state index is 12.5. The lowest BCUT2D eigenvalue weighted by Crippen LogP contribution is -2.42. The number of carbonyl (C=O) groups is 3. The predicted octanol–water partition coefficient (Wildman–Crippen LogP) is 4.24. The molecule has 0 bridgehead atoms. The number of benzene rings is 2. The summed E-state index contributed by atoms with van der Waals surface area (Å²) in [4.78, 5) is 38.5. The molecule has 1 fully saturated rings. The monoisotopic (exact) mass is 465 g/mol. The first-order valence-electron chi connectivity index (χ1n) is 11.9. The number of rotatable bonds is 7. The van der Waals surface area contributed by atoms with Gasteiger partial charge < -0.3 is 20.3 Å². The SMILES string of the molecule is CC(C)(C)OC(=O)NCCC(=O)N1CCC(CNC(=O)c2ccc(-c3ccccc3)cc2)CC1. The summed E-state index contributed by atoms with van der Waals surface area (Å²) in [5.74, 6) is 0.292. The van der Waals surface area contributed by atoms with Crippen molar-refractivity contribution in [1.29, 1.82) is 0 Å². The smallest absolute Gasteiger partial charge is 0.407 e. The van der Waals surface area contributed by atoms with E-state index in [2.05, 4.69) is 10.6 Å². The van der Waals surface area contributed by atoms with Crippen LogP contribution in [0.4, 0.5) is 4.79 Å². The Morgan fingerprint density at radius 3 is 2.15 bits per heavy atom. The lowest BCUT2D eigenvalue weighted by atomic mass is 9.96. The normalized spacial score (nSPS) is 14.4. The maximum Gasteiger partial charge on any atom is 0.407 e. The molecular weight excluding hydrogens is 430 g/mol. The van der Waals surface area contributed by atoms with Crippen LogP contribution >= 0.6 is 0 Å². The predicted molar refractivity (Wildman–Crippen MR) is 132 cm³/mol. The number of amides is 3. The highest BCUT2D eigenvalue weighted by molar-refractivity contribution is 5.94. The fraction of sp³-hybridized carbons (Fsp3) is 0.444. The minimum atomic E-state index is -0.559. The molecule has 2 N–H and O–H groups in total. The Hall–Kier alpha value is -3.35. The summed E-state index contributed by atoms with van der Waals surface area (Å²) in [5.41, 5.74) is 2.29. The molecule has 0 atom stereocenters. The number of carbonyl (C=O) groups excluding carboxylic acids is 3. The van der Waals surface area contributed by atoms with Crippen LogP contribution < -0.4 is 10.6 Å². The molecule has 1 aliphatic rings. The summed E-state index contributed by atoms with van der Waals surface area (Å²) in [5, 5.41) is 5.66. The molecule has 0 aromatic heterocycles. The number of nitrogens with zero attached hydrogens (tertiary/aromatic N) is 1. The van der Waals surface area contributed by atoms with E-state index in [0.29, 0.717) is 31.1 Å². The first-order valence-corrected chi connectivity index (χ1v) is 11.9. The molecule has 3 rings (SSSR count). The molecule has 3 amide bonds. The van der Waals surface area contributed by atoms with E-state index in [1.165, 1.54) is 0 Å². The van der Waals surface area contributed by atoms with Crippen LogP contribution in [-0.4, -0.2) is 54.6 Å². The van der Waals surface area contributed by atoms with Crippen LogP contribution in [0.2, 0.25) is 0 Å². The lowest BCUT2D eigenvalue weighted by Gasteiger charge is -2.32. The van der Waals surface area contributed by atoms with Crippen molar-refractivity contribution in [3.05, 3.63) is 60.2 Å². The molecule has 0 radical (unpaired) electrons. The van der Waals surface area contributed by atoms with Crippen LogP contribution in [0, 0.1) is 5.92 Å². The second kappa shape index (κ2) is 11.7. The number of ether oxygens (including phenoxy) is 1. The molecule has 2 aromatic rings. The summed E-state index contributed by atoms with van der Waals surface area (Å²) < 4.78 is 5.17. The van der Waals surface area contributed by atoms with Gasteiger partial charge in [-0.2, -0.15) is 0 Å². The van der Waals surface area contributed by atoms with Gasteiger partial charge in [0.15, 0.2) is 0 Å². The van der Waals surface area contributed by atoms with Crippen molar-refractivity contribution >= 4 is 17.9 Å². The van der Waals surface area contributed by atoms with Crippen LogP contribution in [0.5, 0.6) is 0 Å². The van der Waals surface area contributed by atoms with Crippen LogP contribution in [0.3, 0.4) is 0 Å². The summed E-state index contributed by atoms with van der Waals surface area (Å²) in [6.07, 6.45) is 1.43. The molecule has 2 aromatic carbocycles. The van der Waals surface area contributed by atoms with Gasteiger partial charge in [-0.25, -0.2) is 4.79 Å². The highest BCUT2D eigenvalue weighted by Crippen LogP contribution is 2.20. The van der Waals surface area contributed by atoms with E-state index in [1.807, 2.05) is 59.5 Å². The van der Waals surface area contributed by atoms with Crippen LogP contribution in [0.25, 0.3) is 11.1 Å². The minimum absolute atomic E-state index is 0.0250. The summed E-state index contributed by atoms with van der Waals surface area (Å²) in [6, 6.07) is 17.7. The summed E-state index contributed by atoms with van der Waals surface area (Å²) >= 11 is 0. The van der Waals surface area contributed by atoms with Crippen molar-refractivity contribution < 1.29 is 19.1 Å². The molecule has 0 aliphatic carbocycles. The number of piperidine rings is 1. The van der Waals surface area contributed by atoms with Crippen molar-refractivity contribution in [3.63, 3.8) is 0 Å². The van der Waals surface area contributed by atoms with Gasteiger partial charge in [-0.15, -0.1) is 0 Å². The number of hydrogen-bond acceptors (Lipinski definition) is 4. The third kappa shape index (κ3) is 7.90. The van der Waals surface area contributed by atoms with Gasteiger partial charge in [-0.1, -0.05) is 42.5 Å². The first kappa shape index (κ1) is 25.3. The number of hydrogen-bond donors (Lipinski definition) is 2. The maximum atomic E-state index is 12.5. The topological polar surface area (TPSA) is 87.7 Å². The zero-order valence-electron chi connectivity index (χ0n) is 20.3. The second-order valence-electron chi connectivity index (χ2n) is 9.66. The van der Waals surface area contributed by atoms with Gasteiger partial charge in [0.25, 0.3) is 5.91 Å². The molecule has 0 saturated carbocycles. The zero-order valence-corrected chi connectivity index (χ0v) is 20.3. The quantitative estimate of drug-likeness (QED) is 0.640. The van der Waals surface area contributed by atoms with Crippen molar-refractivity contribution in [2.75, 3.05) is 26.2 Å². The van der Waals surface area contributed by atoms with Gasteiger partial charge in [-0.3, -0.25) is 9.59 Å². The Bertz CT molecular complexity index is 960. The van der Waals surface area contributed by atoms with Crippen molar-refractivity contribution in [3.8, 4) is 11.1 Å². The fourth-order valence-corrected chi connectivity index (χ4v) is 3.91. The molecule has 34 heavy (non-hydrogen) atoms. The van der Waals surface area contributed by atoms with Gasteiger partial charge in [0.05, 0.1) is 0 Å². The molecule has 182 valence electrons. The fourth-order valence-electron chi connectivity index (χ4n) is 3.91. The Balaban J connectivity index is 1.35. The third-order valence-electron chi connectivity index (χ3n) is 5.78. The van der Waals surface area contributed by atoms with Gasteiger partial charge in [0.1, 0.15) is 5.60 Å². The molecule has 1 saturated heterocycles. The average Bonchev–Trinajstić information content (AvgIpc) is 2.82. The molecular formula is C27H35N3O4. The highest BCUT2D eigenvalue weighted by Gasteiger charge is 2.23. The molecule has 1 aliphatic heterocycles. The molecule has 1 heterocycles. The van der Waals surface area contributed by atoms with E-state index in [4.69, 9.17) is 4.74 Å². The van der Waals surface area contributed by atoms with Gasteiger partial charge in [-0.05, 0) is 62.8 Å². The van der Waals surface area contributed by atoms with E-state index in [-0.39, 0.29) is 24.8 Å². The molecule has 7 nitrogen and oxygen atoms in total. The standard InChI is InChI=1S/C27H35N3O4/c1-27(2,3)34-26(33)28-16-13-24(31)30-17-14-20(15-18-30)19-29-25(32)23-11-9-22(10-12-23)21-7-5-4-6-8-21/h4-12,20H,13-19H2,1-3H3,(H,28,33)(H,29,32). The van der Waals surface area contributed by atoms with Gasteiger partial charge in [0.2, 0.25) is 5.91 Å². The van der Waals surface area contributed by atoms with Crippen LogP contribution in [-0.2, 0) is 9.53 Å². The first-order chi connectivity index (χ1) is 16.2. The van der Waals surface area contributed by atoms with E-state index >= 15 is 0 Å². The molecule has 0 unspecified atom stereocenters. The van der Waals surface area contributed by atoms with Crippen molar-refractivity contribution in [2.24, 2.45) is 5.92 Å². The Morgan fingerprint density at radius 1 is 0.912 bits per heavy atom. The second-order valence-corrected chi connectivity index (χ2v) is 9.66. The minimum Gasteiger partial charge on any atom is -0.444 e. The average molecular weight is 466 g/mol. The Kier molecular flexibility index (Phi) is 8.68.